The van der Waals surface area contributed by atoms with E-state index in [1.807, 2.05) is 0 Å². The lowest BCUT2D eigenvalue weighted by molar-refractivity contribution is 0.0683. The minimum Gasteiger partial charge on any atom is -0.367 e. The van der Waals surface area contributed by atoms with E-state index in [1.54, 1.807) is 6.07 Å². The highest BCUT2D eigenvalue weighted by Crippen LogP contribution is 2.28. The van der Waals surface area contributed by atoms with E-state index in [0.717, 1.165) is 0 Å². The second kappa shape index (κ2) is 7.22. The smallest absolute Gasteiger partial charge is 0.108 e. The molecule has 1 atom stereocenters. The van der Waals surface area contributed by atoms with E-state index in [2.05, 4.69) is 0 Å². The summed E-state index contributed by atoms with van der Waals surface area (Å²) in [6, 6.07) is 4.42. The number of benzene rings is 2. The Labute approximate surface area is 143 Å². The van der Waals surface area contributed by atoms with Crippen molar-refractivity contribution in [3.05, 3.63) is 71.2 Å². The molecule has 0 radical (unpaired) electrons. The van der Waals surface area contributed by atoms with Crippen molar-refractivity contribution in [3.63, 3.8) is 0 Å². The van der Waals surface area contributed by atoms with E-state index in [-0.39, 0.29) is 10.5 Å². The van der Waals surface area contributed by atoms with Crippen LogP contribution in [0.5, 0.6) is 0 Å². The van der Waals surface area contributed by atoms with Gasteiger partial charge in [0.1, 0.15) is 6.10 Å². The molecule has 2 heteroatoms. The zero-order chi connectivity index (χ0) is 27.1. The van der Waals surface area contributed by atoms with Gasteiger partial charge in [-0.1, -0.05) is 54.5 Å². The maximum atomic E-state index is 8.35. The maximum absolute atomic E-state index is 8.35. The Morgan fingerprint density at radius 3 is 2.80 bits per heavy atom. The number of ether oxygens (including phenoxy) is 1. The Bertz CT molecular complexity index is 1030. The summed E-state index contributed by atoms with van der Waals surface area (Å²) in [5.41, 5.74) is -1.07. The third kappa shape index (κ3) is 3.92. The van der Waals surface area contributed by atoms with Crippen molar-refractivity contribution in [2.45, 2.75) is 13.0 Å². The standard InChI is InChI=1S/C18H23NO/c1-15-9-7-8-12-17(15)18(20-14-13-19(2)3)16-10-5-4-6-11-16/h4-12,18H,13-14H2,1-3H3/i1D3,2D3,3D3,7D,8D,9D,12D,13D2. The molecule has 1 unspecified atom stereocenters. The summed E-state index contributed by atoms with van der Waals surface area (Å²) in [4.78, 5) is -0.319. The van der Waals surface area contributed by atoms with Crippen molar-refractivity contribution in [1.29, 1.82) is 0 Å². The molecule has 0 aliphatic rings. The quantitative estimate of drug-likeness (QED) is 0.802. The Morgan fingerprint density at radius 1 is 1.25 bits per heavy atom. The topological polar surface area (TPSA) is 12.5 Å². The molecule has 0 aromatic heterocycles. The monoisotopic (exact) mass is 284 g/mol. The van der Waals surface area contributed by atoms with Crippen LogP contribution in [0.4, 0.5) is 0 Å². The van der Waals surface area contributed by atoms with Gasteiger partial charge in [-0.05, 0) is 37.5 Å². The van der Waals surface area contributed by atoms with E-state index >= 15 is 0 Å². The minimum absolute atomic E-state index is 0.174. The third-order valence-electron chi connectivity index (χ3n) is 2.55. The Balaban J connectivity index is 2.73. The first-order chi connectivity index (χ1) is 15.7. The van der Waals surface area contributed by atoms with Gasteiger partial charge in [0, 0.05) is 21.6 Å². The van der Waals surface area contributed by atoms with Gasteiger partial charge in [-0.2, -0.15) is 0 Å². The van der Waals surface area contributed by atoms with Crippen LogP contribution in [0.1, 0.15) is 43.4 Å². The van der Waals surface area contributed by atoms with Gasteiger partial charge in [0.15, 0.2) is 0 Å². The fraction of sp³-hybridized carbons (Fsp3) is 0.333. The second-order valence-corrected chi connectivity index (χ2v) is 3.88. The molecule has 0 bridgehead atoms. The fourth-order valence-electron chi connectivity index (χ4n) is 1.68. The number of hydrogen-bond acceptors (Lipinski definition) is 2. The van der Waals surface area contributed by atoms with Gasteiger partial charge in [-0.3, -0.25) is 0 Å². The van der Waals surface area contributed by atoms with Crippen molar-refractivity contribution in [3.8, 4) is 0 Å². The highest BCUT2D eigenvalue weighted by atomic mass is 16.5. The van der Waals surface area contributed by atoms with Crippen LogP contribution in [-0.2, 0) is 4.74 Å². The van der Waals surface area contributed by atoms with E-state index in [1.165, 1.54) is 24.3 Å². The van der Waals surface area contributed by atoms with Crippen molar-refractivity contribution >= 4 is 0 Å². The molecule has 0 N–H and O–H groups in total. The molecule has 0 aliphatic heterocycles. The first kappa shape index (κ1) is 4.69. The molecule has 2 nitrogen and oxygen atoms in total. The first-order valence-corrected chi connectivity index (χ1v) is 5.79. The number of rotatable bonds is 6. The zero-order valence-corrected chi connectivity index (χ0v) is 10.5. The Morgan fingerprint density at radius 2 is 2.05 bits per heavy atom. The molecule has 0 saturated heterocycles. The highest BCUT2D eigenvalue weighted by molar-refractivity contribution is 5.35. The Hall–Kier alpha value is -1.64. The van der Waals surface area contributed by atoms with Gasteiger partial charge in [-0.25, -0.2) is 0 Å². The van der Waals surface area contributed by atoms with Gasteiger partial charge >= 0.3 is 0 Å². The SMILES string of the molecule is [2H]c1c([2H])c([2H])c(C([2H])([2H])[2H])c(C(OCC([2H])([2H])N(C([2H])([2H])[2H])C([2H])([2H])[2H])c2ccccc2)c1[2H]. The molecule has 0 heterocycles. The minimum atomic E-state index is -3.39. The highest BCUT2D eigenvalue weighted by Gasteiger charge is 2.16. The summed E-state index contributed by atoms with van der Waals surface area (Å²) >= 11 is 0. The van der Waals surface area contributed by atoms with Gasteiger partial charge in [0.2, 0.25) is 0 Å². The summed E-state index contributed by atoms with van der Waals surface area (Å²) in [5.74, 6) is 0. The van der Waals surface area contributed by atoms with Crippen LogP contribution in [0.25, 0.3) is 0 Å². The molecule has 0 saturated carbocycles. The van der Waals surface area contributed by atoms with Crippen molar-refractivity contribution < 1.29 is 25.3 Å². The van der Waals surface area contributed by atoms with Crippen LogP contribution in [0.2, 0.25) is 0 Å². The normalized spacial score (nSPS) is 26.1. The summed E-state index contributed by atoms with van der Waals surface area (Å²) in [6.45, 7) is -14.1. The molecule has 0 aliphatic carbocycles. The van der Waals surface area contributed by atoms with Crippen molar-refractivity contribution in [2.24, 2.45) is 0 Å². The average molecular weight is 284 g/mol. The van der Waals surface area contributed by atoms with Gasteiger partial charge in [-0.15, -0.1) is 0 Å². The van der Waals surface area contributed by atoms with Gasteiger partial charge in [0.05, 0.1) is 12.1 Å². The van der Waals surface area contributed by atoms with E-state index in [0.29, 0.717) is 0 Å². The third-order valence-corrected chi connectivity index (χ3v) is 2.55. The summed E-state index contributed by atoms with van der Waals surface area (Å²) in [6.07, 6.45) is -1.60. The molecular formula is C18H23NO. The van der Waals surface area contributed by atoms with Crippen LogP contribution in [0.3, 0.4) is 0 Å². The van der Waals surface area contributed by atoms with Crippen LogP contribution < -0.4 is 0 Å². The molecular weight excluding hydrogens is 246 g/mol. The molecule has 0 amide bonds. The summed E-state index contributed by atoms with van der Waals surface area (Å²) in [7, 11) is 0. The van der Waals surface area contributed by atoms with Gasteiger partial charge in [0.25, 0.3) is 0 Å². The van der Waals surface area contributed by atoms with Crippen LogP contribution >= 0.6 is 0 Å². The van der Waals surface area contributed by atoms with E-state index in [4.69, 9.17) is 25.3 Å². The molecule has 0 fully saturated rings. The summed E-state index contributed by atoms with van der Waals surface area (Å²) in [5, 5.41) is 0. The molecule has 106 valence electrons. The average Bonchev–Trinajstić information content (AvgIpc) is 2.67. The predicted molar refractivity (Wildman–Crippen MR) is 84.0 cm³/mol. The maximum Gasteiger partial charge on any atom is 0.108 e. The lowest BCUT2D eigenvalue weighted by Gasteiger charge is -2.22. The first-order valence-electron chi connectivity index (χ1n) is 13.3. The predicted octanol–water partition coefficient (Wildman–Crippen LogP) is 3.66. The summed E-state index contributed by atoms with van der Waals surface area (Å²) < 4.78 is 123. The fourth-order valence-corrected chi connectivity index (χ4v) is 1.68. The molecule has 2 aromatic carbocycles. The number of likely N-dealkylation sites (N-methyl/N-ethyl adjacent to an activating group) is 1. The molecule has 20 heavy (non-hydrogen) atoms. The molecule has 0 spiro atoms. The van der Waals surface area contributed by atoms with Crippen LogP contribution in [0.15, 0.2) is 54.5 Å². The van der Waals surface area contributed by atoms with Crippen LogP contribution in [-0.4, -0.2) is 32.0 Å². The lowest BCUT2D eigenvalue weighted by Crippen LogP contribution is -2.20. The van der Waals surface area contributed by atoms with E-state index < -0.39 is 75.3 Å². The van der Waals surface area contributed by atoms with Crippen molar-refractivity contribution in [1.82, 2.24) is 4.90 Å². The lowest BCUT2D eigenvalue weighted by atomic mass is 9.97. The zero-order valence-electron chi connectivity index (χ0n) is 25.5. The second-order valence-electron chi connectivity index (χ2n) is 3.88. The largest absolute Gasteiger partial charge is 0.367 e. The number of nitrogens with zero attached hydrogens (tertiary/aromatic N) is 1. The number of hydrogen-bond donors (Lipinski definition) is 0. The van der Waals surface area contributed by atoms with Crippen LogP contribution in [0, 0.1) is 6.85 Å². The van der Waals surface area contributed by atoms with Gasteiger partial charge < -0.3 is 9.64 Å². The van der Waals surface area contributed by atoms with Crippen molar-refractivity contribution in [2.75, 3.05) is 27.1 Å². The Kier molecular flexibility index (Phi) is 1.69. The van der Waals surface area contributed by atoms with E-state index in [9.17, 15) is 0 Å². The molecule has 2 rings (SSSR count). The molecule has 2 aromatic rings.